The number of nitrogens with one attached hydrogen (secondary N) is 2. The number of benzene rings is 1. The molecule has 11 heteroatoms. The summed E-state index contributed by atoms with van der Waals surface area (Å²) in [7, 11) is -3.49. The molecule has 0 bridgehead atoms. The minimum Gasteiger partial charge on any atom is -0.381 e. The van der Waals surface area contributed by atoms with Gasteiger partial charge in [-0.25, -0.2) is 13.2 Å². The van der Waals surface area contributed by atoms with Crippen molar-refractivity contribution in [1.29, 1.82) is 0 Å². The van der Waals surface area contributed by atoms with Crippen LogP contribution in [0.3, 0.4) is 0 Å². The van der Waals surface area contributed by atoms with Gasteiger partial charge in [0.05, 0.1) is 17.5 Å². The van der Waals surface area contributed by atoms with Crippen molar-refractivity contribution in [2.24, 2.45) is 0 Å². The van der Waals surface area contributed by atoms with Gasteiger partial charge >= 0.3 is 12.2 Å². The average Bonchev–Trinajstić information content (AvgIpc) is 2.58. The Bertz CT molecular complexity index is 750. The molecule has 1 aliphatic heterocycles. The SMILES string of the molecule is CS(=O)(=O)N(CCNC(=O)Nc1ccccc1C(F)(F)F)C1CCOCC1. The fourth-order valence-corrected chi connectivity index (χ4v) is 4.05. The zero-order chi connectivity index (χ0) is 20.1. The van der Waals surface area contributed by atoms with E-state index in [-0.39, 0.29) is 24.8 Å². The summed E-state index contributed by atoms with van der Waals surface area (Å²) in [6, 6.07) is 3.56. The number of carbonyl (C=O) groups is 1. The van der Waals surface area contributed by atoms with E-state index in [1.54, 1.807) is 0 Å². The van der Waals surface area contributed by atoms with Gasteiger partial charge in [-0.3, -0.25) is 0 Å². The highest BCUT2D eigenvalue weighted by Crippen LogP contribution is 2.34. The fraction of sp³-hybridized carbons (Fsp3) is 0.562. The predicted molar refractivity (Wildman–Crippen MR) is 93.9 cm³/mol. The van der Waals surface area contributed by atoms with E-state index in [2.05, 4.69) is 10.6 Å². The first kappa shape index (κ1) is 21.5. The summed E-state index contributed by atoms with van der Waals surface area (Å²) in [5, 5.41) is 4.55. The van der Waals surface area contributed by atoms with E-state index in [0.717, 1.165) is 18.4 Å². The Labute approximate surface area is 155 Å². The highest BCUT2D eigenvalue weighted by molar-refractivity contribution is 7.88. The molecule has 2 amide bonds. The fourth-order valence-electron chi connectivity index (χ4n) is 2.88. The van der Waals surface area contributed by atoms with Crippen molar-refractivity contribution >= 4 is 21.7 Å². The summed E-state index contributed by atoms with van der Waals surface area (Å²) >= 11 is 0. The van der Waals surface area contributed by atoms with E-state index in [9.17, 15) is 26.4 Å². The lowest BCUT2D eigenvalue weighted by Gasteiger charge is -2.32. The number of ether oxygens (including phenoxy) is 1. The number of halogens is 3. The molecule has 0 unspecified atom stereocenters. The van der Waals surface area contributed by atoms with Crippen molar-refractivity contribution in [2.75, 3.05) is 37.9 Å². The van der Waals surface area contributed by atoms with E-state index in [1.807, 2.05) is 0 Å². The van der Waals surface area contributed by atoms with E-state index in [1.165, 1.54) is 16.4 Å². The van der Waals surface area contributed by atoms with Crippen LogP contribution in [0, 0.1) is 0 Å². The van der Waals surface area contributed by atoms with Crippen LogP contribution < -0.4 is 10.6 Å². The molecular weight excluding hydrogens is 387 g/mol. The van der Waals surface area contributed by atoms with Crippen molar-refractivity contribution in [3.63, 3.8) is 0 Å². The molecule has 0 atom stereocenters. The molecule has 1 heterocycles. The van der Waals surface area contributed by atoms with Crippen molar-refractivity contribution in [1.82, 2.24) is 9.62 Å². The number of nitrogens with zero attached hydrogens (tertiary/aromatic N) is 1. The number of anilines is 1. The van der Waals surface area contributed by atoms with Crippen molar-refractivity contribution in [3.05, 3.63) is 29.8 Å². The van der Waals surface area contributed by atoms with Crippen LogP contribution in [-0.4, -0.2) is 57.4 Å². The molecule has 1 aromatic carbocycles. The Morgan fingerprint density at radius 3 is 2.48 bits per heavy atom. The van der Waals surface area contributed by atoms with E-state index in [0.29, 0.717) is 26.1 Å². The van der Waals surface area contributed by atoms with Crippen molar-refractivity contribution in [2.45, 2.75) is 25.1 Å². The van der Waals surface area contributed by atoms with Crippen LogP contribution in [-0.2, 0) is 20.9 Å². The van der Waals surface area contributed by atoms with E-state index < -0.39 is 27.8 Å². The standard InChI is InChI=1S/C16H22F3N3O4S/c1-27(24,25)22(12-6-10-26-11-7-12)9-8-20-15(23)21-14-5-3-2-4-13(14)16(17,18)19/h2-5,12H,6-11H2,1H3,(H2,20,21,23). The Kier molecular flexibility index (Phi) is 7.06. The molecule has 7 nitrogen and oxygen atoms in total. The van der Waals surface area contributed by atoms with Crippen LogP contribution in [0.5, 0.6) is 0 Å². The smallest absolute Gasteiger partial charge is 0.381 e. The molecule has 0 spiro atoms. The third-order valence-corrected chi connectivity index (χ3v) is 5.46. The van der Waals surface area contributed by atoms with Gasteiger partial charge in [0.1, 0.15) is 0 Å². The summed E-state index contributed by atoms with van der Waals surface area (Å²) < 4.78 is 69.3. The lowest BCUT2D eigenvalue weighted by molar-refractivity contribution is -0.136. The van der Waals surface area contributed by atoms with Gasteiger partial charge in [0.25, 0.3) is 0 Å². The number of rotatable bonds is 6. The van der Waals surface area contributed by atoms with Crippen molar-refractivity contribution < 1.29 is 31.1 Å². The highest BCUT2D eigenvalue weighted by Gasteiger charge is 2.33. The molecule has 152 valence electrons. The number of carbonyl (C=O) groups excluding carboxylic acids is 1. The maximum Gasteiger partial charge on any atom is 0.418 e. The number of sulfonamides is 1. The molecule has 2 N–H and O–H groups in total. The minimum atomic E-state index is -4.60. The van der Waals surface area contributed by atoms with Gasteiger partial charge in [-0.2, -0.15) is 17.5 Å². The second-order valence-corrected chi connectivity index (χ2v) is 8.08. The second kappa shape index (κ2) is 8.89. The van der Waals surface area contributed by atoms with Crippen LogP contribution in [0.4, 0.5) is 23.7 Å². The predicted octanol–water partition coefficient (Wildman–Crippen LogP) is 2.27. The first-order valence-corrected chi connectivity index (χ1v) is 10.2. The summed E-state index contributed by atoms with van der Waals surface area (Å²) in [5.74, 6) is 0. The Balaban J connectivity index is 1.93. The molecule has 0 saturated carbocycles. The summed E-state index contributed by atoms with van der Waals surface area (Å²) in [4.78, 5) is 11.9. The second-order valence-electron chi connectivity index (χ2n) is 6.14. The van der Waals surface area contributed by atoms with Gasteiger partial charge in [-0.05, 0) is 25.0 Å². The summed E-state index contributed by atoms with van der Waals surface area (Å²) in [5.41, 5.74) is -1.33. The van der Waals surface area contributed by atoms with Gasteiger partial charge in [0.2, 0.25) is 10.0 Å². The Morgan fingerprint density at radius 1 is 1.26 bits per heavy atom. The maximum absolute atomic E-state index is 12.9. The van der Waals surface area contributed by atoms with Gasteiger partial charge in [-0.1, -0.05) is 12.1 Å². The molecule has 1 aliphatic rings. The minimum absolute atomic E-state index is 0.0256. The Morgan fingerprint density at radius 2 is 1.89 bits per heavy atom. The topological polar surface area (TPSA) is 87.7 Å². The first-order valence-electron chi connectivity index (χ1n) is 8.34. The molecule has 0 aliphatic carbocycles. The van der Waals surface area contributed by atoms with Crippen molar-refractivity contribution in [3.8, 4) is 0 Å². The largest absolute Gasteiger partial charge is 0.418 e. The molecule has 0 radical (unpaired) electrons. The third-order valence-electron chi connectivity index (χ3n) is 4.12. The zero-order valence-electron chi connectivity index (χ0n) is 14.8. The number of hydrogen-bond acceptors (Lipinski definition) is 4. The van der Waals surface area contributed by atoms with Gasteiger partial charge in [-0.15, -0.1) is 0 Å². The van der Waals surface area contributed by atoms with Crippen LogP contribution in [0.15, 0.2) is 24.3 Å². The van der Waals surface area contributed by atoms with Crippen LogP contribution in [0.2, 0.25) is 0 Å². The summed E-state index contributed by atoms with van der Waals surface area (Å²) in [6.07, 6.45) is -2.40. The lowest BCUT2D eigenvalue weighted by Crippen LogP contribution is -2.46. The van der Waals surface area contributed by atoms with Gasteiger partial charge < -0.3 is 15.4 Å². The maximum atomic E-state index is 12.9. The van der Waals surface area contributed by atoms with Crippen LogP contribution in [0.1, 0.15) is 18.4 Å². The Hall–Kier alpha value is -1.85. The lowest BCUT2D eigenvalue weighted by atomic mass is 10.1. The monoisotopic (exact) mass is 409 g/mol. The van der Waals surface area contributed by atoms with Gasteiger partial charge in [0, 0.05) is 32.3 Å². The zero-order valence-corrected chi connectivity index (χ0v) is 15.6. The normalized spacial score (nSPS) is 16.3. The van der Waals surface area contributed by atoms with Crippen LogP contribution >= 0.6 is 0 Å². The summed E-state index contributed by atoms with van der Waals surface area (Å²) in [6.45, 7) is 0.903. The van der Waals surface area contributed by atoms with E-state index in [4.69, 9.17) is 4.74 Å². The number of urea groups is 1. The van der Waals surface area contributed by atoms with E-state index >= 15 is 0 Å². The van der Waals surface area contributed by atoms with Crippen LogP contribution in [0.25, 0.3) is 0 Å². The molecule has 1 saturated heterocycles. The van der Waals surface area contributed by atoms with Gasteiger partial charge in [0.15, 0.2) is 0 Å². The number of amides is 2. The quantitative estimate of drug-likeness (QED) is 0.755. The number of alkyl halides is 3. The molecule has 27 heavy (non-hydrogen) atoms. The molecular formula is C16H22F3N3O4S. The number of hydrogen-bond donors (Lipinski definition) is 2. The molecule has 1 fully saturated rings. The highest BCUT2D eigenvalue weighted by atomic mass is 32.2. The molecule has 1 aromatic rings. The molecule has 2 rings (SSSR count). The average molecular weight is 409 g/mol. The third kappa shape index (κ3) is 6.36. The molecule has 0 aromatic heterocycles. The number of para-hydroxylation sites is 1. The first-order chi connectivity index (χ1) is 12.6.